The van der Waals surface area contributed by atoms with E-state index in [1.54, 1.807) is 30.0 Å². The van der Waals surface area contributed by atoms with Gasteiger partial charge in [-0.25, -0.2) is 4.68 Å². The number of carbonyl (C=O) groups excluding carboxylic acids is 1. The summed E-state index contributed by atoms with van der Waals surface area (Å²) < 4.78 is 6.93. The quantitative estimate of drug-likeness (QED) is 0.677. The van der Waals surface area contributed by atoms with E-state index < -0.39 is 0 Å². The van der Waals surface area contributed by atoms with Gasteiger partial charge in [-0.1, -0.05) is 37.6 Å². The minimum absolute atomic E-state index is 0.166. The van der Waals surface area contributed by atoms with Gasteiger partial charge in [-0.2, -0.15) is 5.10 Å². The van der Waals surface area contributed by atoms with E-state index >= 15 is 0 Å². The lowest BCUT2D eigenvalue weighted by Gasteiger charge is -2.09. The van der Waals surface area contributed by atoms with Crippen LogP contribution in [0.25, 0.3) is 16.9 Å². The fourth-order valence-electron chi connectivity index (χ4n) is 2.63. The van der Waals surface area contributed by atoms with Crippen LogP contribution < -0.4 is 10.1 Å². The van der Waals surface area contributed by atoms with Crippen LogP contribution in [0.4, 0.5) is 0 Å². The zero-order valence-corrected chi connectivity index (χ0v) is 16.3. The number of nitrogens with one attached hydrogen (secondary N) is 1. The molecule has 0 aliphatic heterocycles. The van der Waals surface area contributed by atoms with Crippen LogP contribution in [0.15, 0.2) is 54.6 Å². The van der Waals surface area contributed by atoms with Crippen LogP contribution in [-0.4, -0.2) is 29.3 Å². The number of carbonyl (C=O) groups is 1. The average Bonchev–Trinajstić information content (AvgIpc) is 3.12. The first-order chi connectivity index (χ1) is 13.0. The maximum Gasteiger partial charge on any atom is 0.270 e. The Kier molecular flexibility index (Phi) is 5.81. The molecule has 0 atom stereocenters. The average molecular weight is 384 g/mol. The van der Waals surface area contributed by atoms with Gasteiger partial charge >= 0.3 is 0 Å². The first-order valence-corrected chi connectivity index (χ1v) is 9.14. The minimum atomic E-state index is -0.166. The lowest BCUT2D eigenvalue weighted by molar-refractivity contribution is 0.0941. The summed E-state index contributed by atoms with van der Waals surface area (Å²) in [6.07, 6.45) is 0. The molecule has 0 spiro atoms. The molecule has 0 fully saturated rings. The summed E-state index contributed by atoms with van der Waals surface area (Å²) in [5.74, 6) is 0.929. The molecule has 6 heteroatoms. The highest BCUT2D eigenvalue weighted by Crippen LogP contribution is 2.25. The number of halogens is 1. The largest absolute Gasteiger partial charge is 0.497 e. The Balaban J connectivity index is 2.05. The van der Waals surface area contributed by atoms with E-state index in [2.05, 4.69) is 24.3 Å². The lowest BCUT2D eigenvalue weighted by atomic mass is 10.1. The normalized spacial score (nSPS) is 10.9. The molecule has 1 aromatic heterocycles. The summed E-state index contributed by atoms with van der Waals surface area (Å²) in [4.78, 5) is 12.8. The smallest absolute Gasteiger partial charge is 0.270 e. The molecule has 0 saturated carbocycles. The van der Waals surface area contributed by atoms with Gasteiger partial charge in [0.2, 0.25) is 0 Å². The second-order valence-corrected chi connectivity index (χ2v) is 7.08. The van der Waals surface area contributed by atoms with Crippen molar-refractivity contribution in [1.29, 1.82) is 0 Å². The molecule has 1 amide bonds. The van der Waals surface area contributed by atoms with Crippen molar-refractivity contribution in [3.05, 3.63) is 65.3 Å². The third-order valence-corrected chi connectivity index (χ3v) is 4.30. The fraction of sp³-hybridized carbons (Fsp3) is 0.238. The van der Waals surface area contributed by atoms with Crippen molar-refractivity contribution in [1.82, 2.24) is 15.1 Å². The monoisotopic (exact) mass is 383 g/mol. The number of hydrogen-bond donors (Lipinski definition) is 1. The molecule has 0 radical (unpaired) electrons. The van der Waals surface area contributed by atoms with Crippen molar-refractivity contribution in [3.63, 3.8) is 0 Å². The van der Waals surface area contributed by atoms with Crippen LogP contribution in [0, 0.1) is 5.92 Å². The molecular formula is C21H22ClN3O2. The fourth-order valence-corrected chi connectivity index (χ4v) is 2.76. The van der Waals surface area contributed by atoms with Crippen LogP contribution >= 0.6 is 11.6 Å². The van der Waals surface area contributed by atoms with Crippen molar-refractivity contribution in [2.75, 3.05) is 13.7 Å². The standard InChI is InChI=1S/C21H22ClN3O2/c1-14(2)13-23-21(26)20-12-19(15-5-4-6-18(11-15)27-3)24-25(20)17-9-7-16(22)8-10-17/h4-12,14H,13H2,1-3H3,(H,23,26). The summed E-state index contributed by atoms with van der Waals surface area (Å²) in [6.45, 7) is 4.70. The van der Waals surface area contributed by atoms with Crippen LogP contribution in [0.5, 0.6) is 5.75 Å². The van der Waals surface area contributed by atoms with Gasteiger partial charge in [0.15, 0.2) is 0 Å². The third kappa shape index (κ3) is 4.49. The minimum Gasteiger partial charge on any atom is -0.497 e. The first-order valence-electron chi connectivity index (χ1n) is 8.76. The molecule has 3 aromatic rings. The summed E-state index contributed by atoms with van der Waals surface area (Å²) in [7, 11) is 1.62. The van der Waals surface area contributed by atoms with Gasteiger partial charge < -0.3 is 10.1 Å². The number of nitrogens with zero attached hydrogens (tertiary/aromatic N) is 2. The van der Waals surface area contributed by atoms with Gasteiger partial charge in [0.25, 0.3) is 5.91 Å². The molecule has 0 aliphatic rings. The van der Waals surface area contributed by atoms with E-state index in [0.717, 1.165) is 17.0 Å². The second-order valence-electron chi connectivity index (χ2n) is 6.64. The Labute approximate surface area is 163 Å². The van der Waals surface area contributed by atoms with E-state index in [1.165, 1.54) is 0 Å². The molecule has 3 rings (SSSR count). The third-order valence-electron chi connectivity index (χ3n) is 4.05. The number of methoxy groups -OCH3 is 1. The maximum absolute atomic E-state index is 12.8. The zero-order valence-electron chi connectivity index (χ0n) is 15.6. The molecular weight excluding hydrogens is 362 g/mol. The highest BCUT2D eigenvalue weighted by molar-refractivity contribution is 6.30. The van der Waals surface area contributed by atoms with Gasteiger partial charge in [-0.3, -0.25) is 4.79 Å². The Morgan fingerprint density at radius 1 is 1.19 bits per heavy atom. The van der Waals surface area contributed by atoms with Crippen molar-refractivity contribution >= 4 is 17.5 Å². The van der Waals surface area contributed by atoms with Crippen LogP contribution in [0.2, 0.25) is 5.02 Å². The Bertz CT molecular complexity index is 933. The van der Waals surface area contributed by atoms with Crippen molar-refractivity contribution in [2.45, 2.75) is 13.8 Å². The van der Waals surface area contributed by atoms with Crippen molar-refractivity contribution in [3.8, 4) is 22.7 Å². The molecule has 0 saturated heterocycles. The highest BCUT2D eigenvalue weighted by atomic mass is 35.5. The number of amides is 1. The Hall–Kier alpha value is -2.79. The Morgan fingerprint density at radius 3 is 2.59 bits per heavy atom. The zero-order chi connectivity index (χ0) is 19.4. The number of rotatable bonds is 6. The first kappa shape index (κ1) is 19.0. The summed E-state index contributed by atoms with van der Waals surface area (Å²) in [5.41, 5.74) is 2.80. The van der Waals surface area contributed by atoms with Crippen molar-refractivity contribution < 1.29 is 9.53 Å². The van der Waals surface area contributed by atoms with Gasteiger partial charge in [0.1, 0.15) is 11.4 Å². The van der Waals surface area contributed by atoms with Gasteiger partial charge in [-0.15, -0.1) is 0 Å². The van der Waals surface area contributed by atoms with Crippen LogP contribution in [-0.2, 0) is 0 Å². The summed E-state index contributed by atoms with van der Waals surface area (Å²) in [5, 5.41) is 8.25. The molecule has 0 bridgehead atoms. The number of hydrogen-bond acceptors (Lipinski definition) is 3. The maximum atomic E-state index is 12.8. The molecule has 0 unspecified atom stereocenters. The highest BCUT2D eigenvalue weighted by Gasteiger charge is 2.18. The summed E-state index contributed by atoms with van der Waals surface area (Å²) >= 11 is 6.00. The Morgan fingerprint density at radius 2 is 1.93 bits per heavy atom. The predicted octanol–water partition coefficient (Wildman–Crippen LogP) is 4.59. The molecule has 2 aromatic carbocycles. The number of ether oxygens (including phenoxy) is 1. The number of aromatic nitrogens is 2. The van der Waals surface area contributed by atoms with Gasteiger partial charge in [-0.05, 0) is 48.4 Å². The van der Waals surface area contributed by atoms with E-state index in [-0.39, 0.29) is 5.91 Å². The van der Waals surface area contributed by atoms with Crippen LogP contribution in [0.1, 0.15) is 24.3 Å². The van der Waals surface area contributed by atoms with E-state index in [1.807, 2.05) is 36.4 Å². The van der Waals surface area contributed by atoms with Gasteiger partial charge in [0.05, 0.1) is 18.5 Å². The van der Waals surface area contributed by atoms with Crippen LogP contribution in [0.3, 0.4) is 0 Å². The van der Waals surface area contributed by atoms with Crippen molar-refractivity contribution in [2.24, 2.45) is 5.92 Å². The molecule has 140 valence electrons. The van der Waals surface area contributed by atoms with E-state index in [0.29, 0.717) is 28.9 Å². The summed E-state index contributed by atoms with van der Waals surface area (Å²) in [6, 6.07) is 16.6. The molecule has 1 N–H and O–H groups in total. The molecule has 0 aliphatic carbocycles. The van der Waals surface area contributed by atoms with Gasteiger partial charge in [0, 0.05) is 17.1 Å². The van der Waals surface area contributed by atoms with E-state index in [9.17, 15) is 4.79 Å². The molecule has 27 heavy (non-hydrogen) atoms. The number of benzene rings is 2. The topological polar surface area (TPSA) is 56.1 Å². The molecule has 1 heterocycles. The van der Waals surface area contributed by atoms with E-state index in [4.69, 9.17) is 16.3 Å². The molecule has 5 nitrogen and oxygen atoms in total. The predicted molar refractivity (Wildman–Crippen MR) is 108 cm³/mol. The second kappa shape index (κ2) is 8.27. The lowest BCUT2D eigenvalue weighted by Crippen LogP contribution is -2.29. The SMILES string of the molecule is COc1cccc(-c2cc(C(=O)NCC(C)C)n(-c3ccc(Cl)cc3)n2)c1.